The maximum absolute atomic E-state index is 13.8. The van der Waals surface area contributed by atoms with Crippen LogP contribution >= 0.6 is 0 Å². The molecule has 104 valence electrons. The van der Waals surface area contributed by atoms with Gasteiger partial charge in [0, 0.05) is 18.2 Å². The Balaban J connectivity index is 1.86. The van der Waals surface area contributed by atoms with Crippen LogP contribution in [0.2, 0.25) is 0 Å². The predicted octanol–water partition coefficient (Wildman–Crippen LogP) is 1.31. The minimum Gasteiger partial charge on any atom is -0.348 e. The van der Waals surface area contributed by atoms with Crippen LogP contribution in [0.4, 0.5) is 4.39 Å². The SMILES string of the molecule is O=C(NC1CCNC1)c1cn[nH]c1-c1ccccc1F. The van der Waals surface area contributed by atoms with E-state index in [4.69, 9.17) is 0 Å². The van der Waals surface area contributed by atoms with E-state index in [9.17, 15) is 9.18 Å². The second kappa shape index (κ2) is 5.42. The molecule has 0 bridgehead atoms. The van der Waals surface area contributed by atoms with Crippen molar-refractivity contribution in [1.29, 1.82) is 0 Å². The lowest BCUT2D eigenvalue weighted by atomic mass is 10.1. The number of H-pyrrole nitrogens is 1. The zero-order valence-electron chi connectivity index (χ0n) is 10.8. The third-order valence-corrected chi connectivity index (χ3v) is 3.42. The van der Waals surface area contributed by atoms with Crippen molar-refractivity contribution in [2.24, 2.45) is 0 Å². The molecule has 1 aliphatic heterocycles. The van der Waals surface area contributed by atoms with Crippen molar-refractivity contribution in [3.8, 4) is 11.3 Å². The fourth-order valence-corrected chi connectivity index (χ4v) is 2.37. The van der Waals surface area contributed by atoms with Gasteiger partial charge >= 0.3 is 0 Å². The van der Waals surface area contributed by atoms with Crippen LogP contribution in [0.5, 0.6) is 0 Å². The summed E-state index contributed by atoms with van der Waals surface area (Å²) in [6.45, 7) is 1.66. The largest absolute Gasteiger partial charge is 0.348 e. The standard InChI is InChI=1S/C14H15FN4O/c15-12-4-2-1-3-10(12)13-11(8-17-19-13)14(20)18-9-5-6-16-7-9/h1-4,8-9,16H,5-7H2,(H,17,19)(H,18,20). The Hall–Kier alpha value is -2.21. The first-order valence-corrected chi connectivity index (χ1v) is 6.55. The summed E-state index contributed by atoms with van der Waals surface area (Å²) in [6.07, 6.45) is 2.33. The molecule has 2 heterocycles. The zero-order valence-corrected chi connectivity index (χ0v) is 10.8. The summed E-state index contributed by atoms with van der Waals surface area (Å²) in [5.41, 5.74) is 1.12. The number of nitrogens with zero attached hydrogens (tertiary/aromatic N) is 1. The highest BCUT2D eigenvalue weighted by Gasteiger charge is 2.21. The van der Waals surface area contributed by atoms with Gasteiger partial charge in [0.1, 0.15) is 5.82 Å². The molecular formula is C14H15FN4O. The number of hydrogen-bond donors (Lipinski definition) is 3. The van der Waals surface area contributed by atoms with E-state index in [1.165, 1.54) is 12.3 Å². The second-order valence-electron chi connectivity index (χ2n) is 4.80. The molecule has 0 saturated carbocycles. The van der Waals surface area contributed by atoms with E-state index in [0.717, 1.165) is 19.5 Å². The lowest BCUT2D eigenvalue weighted by Crippen LogP contribution is -2.36. The van der Waals surface area contributed by atoms with Crippen LogP contribution < -0.4 is 10.6 Å². The molecule has 0 spiro atoms. The van der Waals surface area contributed by atoms with Gasteiger partial charge in [-0.1, -0.05) is 12.1 Å². The van der Waals surface area contributed by atoms with E-state index in [2.05, 4.69) is 20.8 Å². The van der Waals surface area contributed by atoms with E-state index in [1.807, 2.05) is 0 Å². The van der Waals surface area contributed by atoms with Crippen LogP contribution in [0.3, 0.4) is 0 Å². The van der Waals surface area contributed by atoms with Crippen LogP contribution in [0, 0.1) is 5.82 Å². The topological polar surface area (TPSA) is 69.8 Å². The van der Waals surface area contributed by atoms with Crippen molar-refractivity contribution < 1.29 is 9.18 Å². The Bertz CT molecular complexity index is 619. The molecule has 0 aliphatic carbocycles. The highest BCUT2D eigenvalue weighted by atomic mass is 19.1. The van der Waals surface area contributed by atoms with Gasteiger partial charge in [-0.15, -0.1) is 0 Å². The molecule has 1 aliphatic rings. The van der Waals surface area contributed by atoms with Gasteiger partial charge in [0.15, 0.2) is 0 Å². The smallest absolute Gasteiger partial charge is 0.255 e. The molecule has 0 radical (unpaired) electrons. The maximum atomic E-state index is 13.8. The van der Waals surface area contributed by atoms with Gasteiger partial charge in [0.2, 0.25) is 0 Å². The number of aromatic amines is 1. The summed E-state index contributed by atoms with van der Waals surface area (Å²) in [6, 6.07) is 6.43. The quantitative estimate of drug-likeness (QED) is 0.790. The van der Waals surface area contributed by atoms with Crippen molar-refractivity contribution >= 4 is 5.91 Å². The number of carbonyl (C=O) groups excluding carboxylic acids is 1. The summed E-state index contributed by atoms with van der Waals surface area (Å²) in [5, 5.41) is 12.7. The molecular weight excluding hydrogens is 259 g/mol. The third-order valence-electron chi connectivity index (χ3n) is 3.42. The number of hydrogen-bond acceptors (Lipinski definition) is 3. The highest BCUT2D eigenvalue weighted by Crippen LogP contribution is 2.23. The van der Waals surface area contributed by atoms with Gasteiger partial charge in [-0.05, 0) is 25.1 Å². The van der Waals surface area contributed by atoms with E-state index in [1.54, 1.807) is 18.2 Å². The Kier molecular flexibility index (Phi) is 3.47. The van der Waals surface area contributed by atoms with Crippen molar-refractivity contribution in [3.63, 3.8) is 0 Å². The average molecular weight is 274 g/mol. The van der Waals surface area contributed by atoms with Gasteiger partial charge in [0.05, 0.1) is 17.5 Å². The molecule has 1 aromatic carbocycles. The fraction of sp³-hybridized carbons (Fsp3) is 0.286. The third kappa shape index (κ3) is 2.42. The minimum atomic E-state index is -0.381. The maximum Gasteiger partial charge on any atom is 0.255 e. The number of amides is 1. The van der Waals surface area contributed by atoms with Crippen LogP contribution in [0.25, 0.3) is 11.3 Å². The Morgan fingerprint density at radius 2 is 2.25 bits per heavy atom. The summed E-state index contributed by atoms with van der Waals surface area (Å²) in [4.78, 5) is 12.2. The van der Waals surface area contributed by atoms with Gasteiger partial charge in [-0.2, -0.15) is 5.10 Å². The molecule has 3 rings (SSSR count). The minimum absolute atomic E-state index is 0.117. The summed E-state index contributed by atoms with van der Waals surface area (Å²) >= 11 is 0. The summed E-state index contributed by atoms with van der Waals surface area (Å²) in [7, 11) is 0. The molecule has 3 N–H and O–H groups in total. The van der Waals surface area contributed by atoms with E-state index < -0.39 is 0 Å². The lowest BCUT2D eigenvalue weighted by molar-refractivity contribution is 0.0941. The van der Waals surface area contributed by atoms with Crippen molar-refractivity contribution in [2.75, 3.05) is 13.1 Å². The molecule has 1 aromatic heterocycles. The van der Waals surface area contributed by atoms with Crippen molar-refractivity contribution in [2.45, 2.75) is 12.5 Å². The number of aromatic nitrogens is 2. The van der Waals surface area contributed by atoms with Crippen LogP contribution in [-0.2, 0) is 0 Å². The molecule has 1 fully saturated rings. The first kappa shape index (κ1) is 12.8. The molecule has 1 atom stereocenters. The summed E-state index contributed by atoms with van der Waals surface area (Å²) < 4.78 is 13.8. The normalized spacial score (nSPS) is 18.1. The van der Waals surface area contributed by atoms with Gasteiger partial charge in [-0.3, -0.25) is 9.89 Å². The molecule has 1 saturated heterocycles. The van der Waals surface area contributed by atoms with Crippen LogP contribution in [0.15, 0.2) is 30.5 Å². The second-order valence-corrected chi connectivity index (χ2v) is 4.80. The Morgan fingerprint density at radius 1 is 1.40 bits per heavy atom. The van der Waals surface area contributed by atoms with Crippen LogP contribution in [-0.4, -0.2) is 35.2 Å². The highest BCUT2D eigenvalue weighted by molar-refractivity contribution is 5.99. The van der Waals surface area contributed by atoms with Crippen LogP contribution in [0.1, 0.15) is 16.8 Å². The van der Waals surface area contributed by atoms with Crippen molar-refractivity contribution in [1.82, 2.24) is 20.8 Å². The summed E-state index contributed by atoms with van der Waals surface area (Å²) in [5.74, 6) is -0.612. The molecule has 6 heteroatoms. The molecule has 2 aromatic rings. The predicted molar refractivity (Wildman–Crippen MR) is 72.7 cm³/mol. The number of rotatable bonds is 3. The molecule has 1 amide bonds. The first-order chi connectivity index (χ1) is 9.75. The van der Waals surface area contributed by atoms with Gasteiger partial charge in [0.25, 0.3) is 5.91 Å². The number of halogens is 1. The average Bonchev–Trinajstić information content (AvgIpc) is 3.09. The van der Waals surface area contributed by atoms with Gasteiger partial charge < -0.3 is 10.6 Å². The van der Waals surface area contributed by atoms with E-state index in [-0.39, 0.29) is 17.8 Å². The van der Waals surface area contributed by atoms with E-state index >= 15 is 0 Å². The van der Waals surface area contributed by atoms with Gasteiger partial charge in [-0.25, -0.2) is 4.39 Å². The Morgan fingerprint density at radius 3 is 3.00 bits per heavy atom. The Labute approximate surface area is 115 Å². The molecule has 20 heavy (non-hydrogen) atoms. The van der Waals surface area contributed by atoms with E-state index in [0.29, 0.717) is 16.8 Å². The van der Waals surface area contributed by atoms with Crippen molar-refractivity contribution in [3.05, 3.63) is 41.8 Å². The first-order valence-electron chi connectivity index (χ1n) is 6.55. The number of nitrogens with one attached hydrogen (secondary N) is 3. The zero-order chi connectivity index (χ0) is 13.9. The number of carbonyl (C=O) groups is 1. The monoisotopic (exact) mass is 274 g/mol. The molecule has 5 nitrogen and oxygen atoms in total. The fourth-order valence-electron chi connectivity index (χ4n) is 2.37. The molecule has 1 unspecified atom stereocenters. The lowest BCUT2D eigenvalue weighted by Gasteiger charge is -2.11. The number of benzene rings is 1.